The Kier molecular flexibility index (Phi) is 4.83. The fraction of sp³-hybridized carbons (Fsp3) is 0.333. The molecule has 2 saturated heterocycles. The Hall–Kier alpha value is -3.50. The second-order valence-corrected chi connectivity index (χ2v) is 7.90. The minimum Gasteiger partial charge on any atom is -0.351 e. The molecule has 2 aliphatic heterocycles. The molecule has 2 aromatic heterocycles. The molecule has 0 radical (unpaired) electrons. The molecule has 0 aliphatic carbocycles. The van der Waals surface area contributed by atoms with Crippen LogP contribution in [-0.2, 0) is 6.18 Å². The summed E-state index contributed by atoms with van der Waals surface area (Å²) in [5.74, 6) is -0.436. The molecular weight excluding hydrogens is 428 g/mol. The molecule has 11 heteroatoms. The van der Waals surface area contributed by atoms with Gasteiger partial charge in [0.25, 0.3) is 5.91 Å². The molecule has 0 unspecified atom stereocenters. The van der Waals surface area contributed by atoms with E-state index in [0.717, 1.165) is 24.4 Å². The van der Waals surface area contributed by atoms with Gasteiger partial charge in [0.05, 0.1) is 35.2 Å². The van der Waals surface area contributed by atoms with E-state index in [0.29, 0.717) is 31.7 Å². The van der Waals surface area contributed by atoms with Gasteiger partial charge in [-0.3, -0.25) is 4.79 Å². The van der Waals surface area contributed by atoms with Gasteiger partial charge in [-0.2, -0.15) is 28.2 Å². The molecule has 32 heavy (non-hydrogen) atoms. The molecule has 2 fully saturated rings. The maximum Gasteiger partial charge on any atom is 0.416 e. The standard InChI is InChI=1S/C21H18F4N6O/c22-15-1-2-17(31-27-6-7-28-31)16(10-15)20(32)29-8-4-13-11-30(18(13)12-29)19-9-14(3-5-26-19)21(23,24)25/h1-3,5-7,9-10,13,18H,4,8,11-12H2/t13-,18-/m0/s1. The Balaban J connectivity index is 1.38. The molecule has 4 heterocycles. The number of pyridine rings is 1. The third kappa shape index (κ3) is 3.57. The summed E-state index contributed by atoms with van der Waals surface area (Å²) in [4.78, 5) is 22.0. The topological polar surface area (TPSA) is 67.2 Å². The Morgan fingerprint density at radius 1 is 1.03 bits per heavy atom. The van der Waals surface area contributed by atoms with Crippen molar-refractivity contribution in [2.75, 3.05) is 24.5 Å². The smallest absolute Gasteiger partial charge is 0.351 e. The highest BCUT2D eigenvalue weighted by Gasteiger charge is 2.45. The number of alkyl halides is 3. The molecule has 2 atom stereocenters. The Labute approximate surface area is 180 Å². The first-order chi connectivity index (χ1) is 15.3. The first-order valence-electron chi connectivity index (χ1n) is 10.1. The highest BCUT2D eigenvalue weighted by Crippen LogP contribution is 2.38. The maximum atomic E-state index is 14.0. The van der Waals surface area contributed by atoms with Gasteiger partial charge < -0.3 is 9.80 Å². The third-order valence-electron chi connectivity index (χ3n) is 6.03. The quantitative estimate of drug-likeness (QED) is 0.579. The molecule has 0 bridgehead atoms. The molecule has 5 rings (SSSR count). The Morgan fingerprint density at radius 2 is 1.81 bits per heavy atom. The third-order valence-corrected chi connectivity index (χ3v) is 6.03. The van der Waals surface area contributed by atoms with Crippen LogP contribution in [0.25, 0.3) is 5.69 Å². The number of benzene rings is 1. The van der Waals surface area contributed by atoms with E-state index in [1.54, 1.807) is 9.80 Å². The lowest BCUT2D eigenvalue weighted by Gasteiger charge is -2.54. The summed E-state index contributed by atoms with van der Waals surface area (Å²) in [5.41, 5.74) is -0.276. The second kappa shape index (κ2) is 7.57. The number of hydrogen-bond donors (Lipinski definition) is 0. The zero-order chi connectivity index (χ0) is 22.5. The van der Waals surface area contributed by atoms with E-state index >= 15 is 0 Å². The van der Waals surface area contributed by atoms with Crippen LogP contribution in [0, 0.1) is 11.7 Å². The van der Waals surface area contributed by atoms with Gasteiger partial charge in [0.15, 0.2) is 0 Å². The molecule has 7 nitrogen and oxygen atoms in total. The fourth-order valence-electron chi connectivity index (χ4n) is 4.36. The van der Waals surface area contributed by atoms with Gasteiger partial charge in [-0.05, 0) is 36.8 Å². The summed E-state index contributed by atoms with van der Waals surface area (Å²) in [5, 5.41) is 8.05. The number of rotatable bonds is 3. The van der Waals surface area contributed by atoms with Gasteiger partial charge in [0, 0.05) is 31.7 Å². The van der Waals surface area contributed by atoms with E-state index in [1.807, 2.05) is 0 Å². The number of anilines is 1. The average Bonchev–Trinajstić information content (AvgIpc) is 3.28. The van der Waals surface area contributed by atoms with Crippen molar-refractivity contribution in [3.05, 3.63) is 65.9 Å². The van der Waals surface area contributed by atoms with Crippen molar-refractivity contribution in [3.8, 4) is 5.69 Å². The van der Waals surface area contributed by atoms with E-state index in [1.165, 1.54) is 29.3 Å². The first-order valence-corrected chi connectivity index (χ1v) is 10.1. The van der Waals surface area contributed by atoms with Gasteiger partial charge in [0.1, 0.15) is 11.6 Å². The number of carbonyl (C=O) groups is 1. The van der Waals surface area contributed by atoms with Crippen LogP contribution in [0.3, 0.4) is 0 Å². The maximum absolute atomic E-state index is 14.0. The summed E-state index contributed by atoms with van der Waals surface area (Å²) >= 11 is 0. The molecule has 0 N–H and O–H groups in total. The number of piperidine rings is 1. The predicted molar refractivity (Wildman–Crippen MR) is 106 cm³/mol. The molecule has 1 amide bonds. The lowest BCUT2D eigenvalue weighted by Crippen LogP contribution is -2.65. The summed E-state index contributed by atoms with van der Waals surface area (Å²) in [6.07, 6.45) is 0.309. The molecule has 1 aromatic carbocycles. The Bertz CT molecular complexity index is 1150. The van der Waals surface area contributed by atoms with Crippen LogP contribution in [0.2, 0.25) is 0 Å². The molecule has 3 aromatic rings. The second-order valence-electron chi connectivity index (χ2n) is 7.90. The lowest BCUT2D eigenvalue weighted by atomic mass is 9.82. The van der Waals surface area contributed by atoms with Crippen molar-refractivity contribution in [2.24, 2.45) is 5.92 Å². The van der Waals surface area contributed by atoms with E-state index in [2.05, 4.69) is 15.2 Å². The van der Waals surface area contributed by atoms with Crippen LogP contribution in [0.4, 0.5) is 23.4 Å². The summed E-state index contributed by atoms with van der Waals surface area (Å²) < 4.78 is 53.2. The van der Waals surface area contributed by atoms with Gasteiger partial charge in [-0.15, -0.1) is 0 Å². The van der Waals surface area contributed by atoms with Crippen LogP contribution in [-0.4, -0.2) is 56.5 Å². The SMILES string of the molecule is O=C(c1cc(F)ccc1-n1nccn1)N1CC[C@H]2CN(c3cc(C(F)(F)F)ccn3)[C@H]2C1. The number of aromatic nitrogens is 4. The number of likely N-dealkylation sites (tertiary alicyclic amines) is 1. The van der Waals surface area contributed by atoms with Gasteiger partial charge >= 0.3 is 6.18 Å². The normalized spacial score (nSPS) is 20.6. The van der Waals surface area contributed by atoms with Gasteiger partial charge in [-0.1, -0.05) is 0 Å². The summed E-state index contributed by atoms with van der Waals surface area (Å²) in [6, 6.07) is 5.65. The van der Waals surface area contributed by atoms with Crippen LogP contribution >= 0.6 is 0 Å². The number of hydrogen-bond acceptors (Lipinski definition) is 5. The van der Waals surface area contributed by atoms with Crippen molar-refractivity contribution in [1.82, 2.24) is 24.9 Å². The zero-order valence-electron chi connectivity index (χ0n) is 16.7. The van der Waals surface area contributed by atoms with E-state index < -0.39 is 17.6 Å². The lowest BCUT2D eigenvalue weighted by molar-refractivity contribution is -0.137. The van der Waals surface area contributed by atoms with Crippen molar-refractivity contribution in [1.29, 1.82) is 0 Å². The van der Waals surface area contributed by atoms with Gasteiger partial charge in [-0.25, -0.2) is 9.37 Å². The minimum absolute atomic E-state index is 0.128. The summed E-state index contributed by atoms with van der Waals surface area (Å²) in [7, 11) is 0. The average molecular weight is 446 g/mol. The van der Waals surface area contributed by atoms with Crippen molar-refractivity contribution >= 4 is 11.7 Å². The van der Waals surface area contributed by atoms with Crippen LogP contribution in [0.5, 0.6) is 0 Å². The van der Waals surface area contributed by atoms with Crippen molar-refractivity contribution < 1.29 is 22.4 Å². The minimum atomic E-state index is -4.45. The largest absolute Gasteiger partial charge is 0.416 e. The molecule has 0 saturated carbocycles. The molecule has 2 aliphatic rings. The van der Waals surface area contributed by atoms with E-state index in [-0.39, 0.29) is 29.2 Å². The van der Waals surface area contributed by atoms with Crippen LogP contribution in [0.1, 0.15) is 22.3 Å². The Morgan fingerprint density at radius 3 is 2.56 bits per heavy atom. The van der Waals surface area contributed by atoms with Crippen molar-refractivity contribution in [3.63, 3.8) is 0 Å². The number of fused-ring (bicyclic) bond motifs is 1. The van der Waals surface area contributed by atoms with E-state index in [4.69, 9.17) is 0 Å². The van der Waals surface area contributed by atoms with Crippen LogP contribution in [0.15, 0.2) is 48.9 Å². The van der Waals surface area contributed by atoms with Gasteiger partial charge in [0.2, 0.25) is 0 Å². The number of carbonyl (C=O) groups excluding carboxylic acids is 1. The zero-order valence-corrected chi connectivity index (χ0v) is 16.7. The summed E-state index contributed by atoms with van der Waals surface area (Å²) in [6.45, 7) is 1.37. The van der Waals surface area contributed by atoms with Crippen LogP contribution < -0.4 is 4.90 Å². The highest BCUT2D eigenvalue weighted by atomic mass is 19.4. The van der Waals surface area contributed by atoms with Crippen molar-refractivity contribution in [2.45, 2.75) is 18.6 Å². The number of amides is 1. The predicted octanol–water partition coefficient (Wildman–Crippen LogP) is 3.17. The monoisotopic (exact) mass is 446 g/mol. The highest BCUT2D eigenvalue weighted by molar-refractivity contribution is 5.98. The molecular formula is C21H18F4N6O. The number of halogens is 4. The molecule has 166 valence electrons. The van der Waals surface area contributed by atoms with E-state index in [9.17, 15) is 22.4 Å². The first kappa shape index (κ1) is 20.4. The fourth-order valence-corrected chi connectivity index (χ4v) is 4.36. The molecule has 0 spiro atoms. The number of nitrogens with zero attached hydrogens (tertiary/aromatic N) is 6.